The quantitative estimate of drug-likeness (QED) is 0.718. The summed E-state index contributed by atoms with van der Waals surface area (Å²) in [5.74, 6) is 0.700. The van der Waals surface area contributed by atoms with Crippen LogP contribution >= 0.6 is 23.2 Å². The maximum atomic E-state index is 11.5. The molecular formula is C14H18Cl2O. The first-order valence-electron chi connectivity index (χ1n) is 5.98. The predicted molar refractivity (Wildman–Crippen MR) is 73.9 cm³/mol. The summed E-state index contributed by atoms with van der Waals surface area (Å²) in [6, 6.07) is 5.65. The molecule has 0 spiro atoms. The Morgan fingerprint density at radius 1 is 1.29 bits per heavy atom. The maximum absolute atomic E-state index is 11.5. The molecule has 1 aromatic carbocycles. The molecule has 0 aliphatic heterocycles. The molecule has 0 saturated carbocycles. The van der Waals surface area contributed by atoms with E-state index in [1.165, 1.54) is 0 Å². The summed E-state index contributed by atoms with van der Waals surface area (Å²) in [5, 5.41) is 1.15. The van der Waals surface area contributed by atoms with E-state index >= 15 is 0 Å². The third-order valence-electron chi connectivity index (χ3n) is 2.67. The SMILES string of the molecule is CCCC(=O)CC(C)Cc1ccc(Cl)c(Cl)c1. The predicted octanol–water partition coefficient (Wildman–Crippen LogP) is 4.93. The van der Waals surface area contributed by atoms with E-state index in [0.717, 1.165) is 18.4 Å². The van der Waals surface area contributed by atoms with Crippen LogP contribution in [0.25, 0.3) is 0 Å². The minimum atomic E-state index is 0.347. The van der Waals surface area contributed by atoms with Gasteiger partial charge in [0.1, 0.15) is 5.78 Å². The van der Waals surface area contributed by atoms with Crippen molar-refractivity contribution in [3.05, 3.63) is 33.8 Å². The van der Waals surface area contributed by atoms with Crippen molar-refractivity contribution in [1.29, 1.82) is 0 Å². The van der Waals surface area contributed by atoms with Gasteiger partial charge in [-0.2, -0.15) is 0 Å². The Balaban J connectivity index is 2.53. The molecule has 0 aliphatic rings. The summed E-state index contributed by atoms with van der Waals surface area (Å²) in [7, 11) is 0. The summed E-state index contributed by atoms with van der Waals surface area (Å²) in [6.07, 6.45) is 3.13. The van der Waals surface area contributed by atoms with Crippen LogP contribution < -0.4 is 0 Å². The molecule has 0 fully saturated rings. The van der Waals surface area contributed by atoms with E-state index in [-0.39, 0.29) is 0 Å². The number of hydrogen-bond acceptors (Lipinski definition) is 1. The molecule has 1 aromatic rings. The van der Waals surface area contributed by atoms with Crippen molar-refractivity contribution < 1.29 is 4.79 Å². The topological polar surface area (TPSA) is 17.1 Å². The van der Waals surface area contributed by atoms with Crippen LogP contribution in [0.4, 0.5) is 0 Å². The van der Waals surface area contributed by atoms with Gasteiger partial charge in [-0.1, -0.05) is 43.1 Å². The van der Waals surface area contributed by atoms with Gasteiger partial charge in [0.15, 0.2) is 0 Å². The molecular weight excluding hydrogens is 255 g/mol. The third-order valence-corrected chi connectivity index (χ3v) is 3.41. The third kappa shape index (κ3) is 5.10. The standard InChI is InChI=1S/C14H18Cl2O/c1-3-4-12(17)8-10(2)7-11-5-6-13(15)14(16)9-11/h5-6,9-10H,3-4,7-8H2,1-2H3. The van der Waals surface area contributed by atoms with Gasteiger partial charge in [-0.15, -0.1) is 0 Å². The molecule has 0 radical (unpaired) electrons. The van der Waals surface area contributed by atoms with Gasteiger partial charge in [-0.05, 0) is 36.5 Å². The van der Waals surface area contributed by atoms with Crippen LogP contribution in [0.15, 0.2) is 18.2 Å². The summed E-state index contributed by atoms with van der Waals surface area (Å²) in [4.78, 5) is 11.5. The lowest BCUT2D eigenvalue weighted by Gasteiger charge is -2.11. The Kier molecular flexibility index (Phi) is 6.01. The molecule has 3 heteroatoms. The number of carbonyl (C=O) groups excluding carboxylic acids is 1. The molecule has 0 heterocycles. The Morgan fingerprint density at radius 2 is 2.00 bits per heavy atom. The van der Waals surface area contributed by atoms with Gasteiger partial charge in [-0.3, -0.25) is 4.79 Å². The Labute approximate surface area is 113 Å². The molecule has 94 valence electrons. The van der Waals surface area contributed by atoms with E-state index in [1.54, 1.807) is 6.07 Å². The first-order chi connectivity index (χ1) is 8.02. The smallest absolute Gasteiger partial charge is 0.133 e. The minimum Gasteiger partial charge on any atom is -0.300 e. The first-order valence-corrected chi connectivity index (χ1v) is 6.74. The molecule has 0 aromatic heterocycles. The van der Waals surface area contributed by atoms with Crippen LogP contribution in [0.3, 0.4) is 0 Å². The van der Waals surface area contributed by atoms with Crippen LogP contribution in [-0.4, -0.2) is 5.78 Å². The maximum Gasteiger partial charge on any atom is 0.133 e. The van der Waals surface area contributed by atoms with Gasteiger partial charge in [0, 0.05) is 12.8 Å². The van der Waals surface area contributed by atoms with E-state index < -0.39 is 0 Å². The lowest BCUT2D eigenvalue weighted by molar-refractivity contribution is -0.119. The summed E-state index contributed by atoms with van der Waals surface area (Å²) in [6.45, 7) is 4.12. The number of benzene rings is 1. The second-order valence-corrected chi connectivity index (χ2v) is 5.36. The van der Waals surface area contributed by atoms with Gasteiger partial charge in [0.2, 0.25) is 0 Å². The van der Waals surface area contributed by atoms with Crippen molar-refractivity contribution in [3.63, 3.8) is 0 Å². The zero-order chi connectivity index (χ0) is 12.8. The largest absolute Gasteiger partial charge is 0.300 e. The van der Waals surface area contributed by atoms with E-state index in [9.17, 15) is 4.79 Å². The summed E-state index contributed by atoms with van der Waals surface area (Å²) >= 11 is 11.8. The Bertz CT molecular complexity index is 388. The monoisotopic (exact) mass is 272 g/mol. The van der Waals surface area contributed by atoms with Crippen LogP contribution in [-0.2, 0) is 11.2 Å². The molecule has 0 amide bonds. The highest BCUT2D eigenvalue weighted by molar-refractivity contribution is 6.42. The highest BCUT2D eigenvalue weighted by Crippen LogP contribution is 2.24. The highest BCUT2D eigenvalue weighted by atomic mass is 35.5. The van der Waals surface area contributed by atoms with Gasteiger partial charge in [0.05, 0.1) is 10.0 Å². The molecule has 17 heavy (non-hydrogen) atoms. The molecule has 0 N–H and O–H groups in total. The van der Waals surface area contributed by atoms with E-state index in [4.69, 9.17) is 23.2 Å². The van der Waals surface area contributed by atoms with Crippen LogP contribution in [0.5, 0.6) is 0 Å². The van der Waals surface area contributed by atoms with Gasteiger partial charge < -0.3 is 0 Å². The molecule has 1 rings (SSSR count). The van der Waals surface area contributed by atoms with Crippen LogP contribution in [0.1, 0.15) is 38.7 Å². The minimum absolute atomic E-state index is 0.347. The average molecular weight is 273 g/mol. The lowest BCUT2D eigenvalue weighted by Crippen LogP contribution is -2.07. The van der Waals surface area contributed by atoms with E-state index in [1.807, 2.05) is 19.1 Å². The fourth-order valence-corrected chi connectivity index (χ4v) is 2.23. The number of Topliss-reactive ketones (excluding diaryl/α,β-unsaturated/α-hetero) is 1. The van der Waals surface area contributed by atoms with Crippen molar-refractivity contribution in [2.45, 2.75) is 39.5 Å². The summed E-state index contributed by atoms with van der Waals surface area (Å²) < 4.78 is 0. The molecule has 1 atom stereocenters. The van der Waals surface area contributed by atoms with Crippen LogP contribution in [0.2, 0.25) is 10.0 Å². The number of ketones is 1. The summed E-state index contributed by atoms with van der Waals surface area (Å²) in [5.41, 5.74) is 1.14. The van der Waals surface area contributed by atoms with E-state index in [0.29, 0.717) is 34.6 Å². The van der Waals surface area contributed by atoms with Gasteiger partial charge >= 0.3 is 0 Å². The van der Waals surface area contributed by atoms with Gasteiger partial charge in [0.25, 0.3) is 0 Å². The number of halogens is 2. The fraction of sp³-hybridized carbons (Fsp3) is 0.500. The van der Waals surface area contributed by atoms with Crippen molar-refractivity contribution in [3.8, 4) is 0 Å². The van der Waals surface area contributed by atoms with Crippen molar-refractivity contribution in [2.75, 3.05) is 0 Å². The van der Waals surface area contributed by atoms with Crippen molar-refractivity contribution >= 4 is 29.0 Å². The number of rotatable bonds is 6. The van der Waals surface area contributed by atoms with Crippen LogP contribution in [0, 0.1) is 5.92 Å². The first kappa shape index (κ1) is 14.5. The van der Waals surface area contributed by atoms with Crippen molar-refractivity contribution in [1.82, 2.24) is 0 Å². The molecule has 1 unspecified atom stereocenters. The van der Waals surface area contributed by atoms with Gasteiger partial charge in [-0.25, -0.2) is 0 Å². The second kappa shape index (κ2) is 7.03. The molecule has 0 saturated heterocycles. The fourth-order valence-electron chi connectivity index (χ4n) is 1.91. The molecule has 1 nitrogen and oxygen atoms in total. The zero-order valence-corrected chi connectivity index (χ0v) is 11.8. The average Bonchev–Trinajstić information content (AvgIpc) is 2.23. The molecule has 0 bridgehead atoms. The second-order valence-electron chi connectivity index (χ2n) is 4.55. The lowest BCUT2D eigenvalue weighted by atomic mass is 9.95. The van der Waals surface area contributed by atoms with E-state index in [2.05, 4.69) is 6.92 Å². The Hall–Kier alpha value is -0.530. The Morgan fingerprint density at radius 3 is 2.59 bits per heavy atom. The number of hydrogen-bond donors (Lipinski definition) is 0. The van der Waals surface area contributed by atoms with Crippen molar-refractivity contribution in [2.24, 2.45) is 5.92 Å². The number of carbonyl (C=O) groups is 1. The highest BCUT2D eigenvalue weighted by Gasteiger charge is 2.10. The molecule has 0 aliphatic carbocycles. The zero-order valence-electron chi connectivity index (χ0n) is 10.3. The normalized spacial score (nSPS) is 12.5.